The summed E-state index contributed by atoms with van der Waals surface area (Å²) in [6.07, 6.45) is 1.40. The highest BCUT2D eigenvalue weighted by molar-refractivity contribution is 5.84. The first kappa shape index (κ1) is 14.0. The lowest BCUT2D eigenvalue weighted by molar-refractivity contribution is -0.125. The largest absolute Gasteiger partial charge is 0.394 e. The molecule has 0 saturated carbocycles. The highest BCUT2D eigenvalue weighted by atomic mass is 16.5. The zero-order valence-electron chi connectivity index (χ0n) is 11.3. The fourth-order valence-corrected chi connectivity index (χ4v) is 2.48. The first-order valence-corrected chi connectivity index (χ1v) is 6.76. The number of hydrogen-bond donors (Lipinski definition) is 2. The van der Waals surface area contributed by atoms with Gasteiger partial charge in [0.1, 0.15) is 0 Å². The van der Waals surface area contributed by atoms with Crippen LogP contribution in [0.1, 0.15) is 31.2 Å². The normalized spacial score (nSPS) is 24.1. The van der Waals surface area contributed by atoms with Gasteiger partial charge in [0.05, 0.1) is 24.7 Å². The monoisotopic (exact) mass is 263 g/mol. The fraction of sp³-hybridized carbons (Fsp3) is 0.533. The summed E-state index contributed by atoms with van der Waals surface area (Å²) in [4.78, 5) is 12.4. The Morgan fingerprint density at radius 3 is 2.74 bits per heavy atom. The molecule has 1 aromatic rings. The van der Waals surface area contributed by atoms with E-state index >= 15 is 0 Å². The maximum Gasteiger partial charge on any atom is 0.228 e. The van der Waals surface area contributed by atoms with Crippen molar-refractivity contribution >= 4 is 5.91 Å². The highest BCUT2D eigenvalue weighted by Crippen LogP contribution is 2.23. The third-order valence-corrected chi connectivity index (χ3v) is 3.72. The SMILES string of the molecule is CC[C@@H](C(=O)N[C@]1(CO)CCOC1)c1ccccc1. The first-order valence-electron chi connectivity index (χ1n) is 6.76. The van der Waals surface area contributed by atoms with E-state index in [0.29, 0.717) is 19.6 Å². The van der Waals surface area contributed by atoms with Crippen LogP contribution in [0.4, 0.5) is 0 Å². The molecule has 1 amide bonds. The van der Waals surface area contributed by atoms with Crippen LogP contribution >= 0.6 is 0 Å². The molecule has 0 unspecified atom stereocenters. The average molecular weight is 263 g/mol. The van der Waals surface area contributed by atoms with E-state index in [4.69, 9.17) is 4.74 Å². The fourth-order valence-electron chi connectivity index (χ4n) is 2.48. The number of rotatable bonds is 5. The zero-order valence-corrected chi connectivity index (χ0v) is 11.3. The lowest BCUT2D eigenvalue weighted by Gasteiger charge is -2.28. The van der Waals surface area contributed by atoms with Crippen LogP contribution in [0, 0.1) is 0 Å². The van der Waals surface area contributed by atoms with Gasteiger partial charge in [0.2, 0.25) is 5.91 Å². The minimum atomic E-state index is -0.598. The van der Waals surface area contributed by atoms with Crippen molar-refractivity contribution in [2.75, 3.05) is 19.8 Å². The quantitative estimate of drug-likeness (QED) is 0.845. The number of carbonyl (C=O) groups is 1. The first-order chi connectivity index (χ1) is 9.21. The van der Waals surface area contributed by atoms with Gasteiger partial charge in [-0.05, 0) is 18.4 Å². The summed E-state index contributed by atoms with van der Waals surface area (Å²) in [5.41, 5.74) is 0.411. The van der Waals surface area contributed by atoms with Crippen molar-refractivity contribution < 1.29 is 14.6 Å². The molecule has 0 radical (unpaired) electrons. The van der Waals surface area contributed by atoms with Crippen LogP contribution in [-0.4, -0.2) is 36.4 Å². The molecule has 1 fully saturated rings. The Bertz CT molecular complexity index is 413. The van der Waals surface area contributed by atoms with Gasteiger partial charge in [-0.2, -0.15) is 0 Å². The molecule has 0 aliphatic carbocycles. The Labute approximate surface area is 113 Å². The third-order valence-electron chi connectivity index (χ3n) is 3.72. The van der Waals surface area contributed by atoms with Crippen molar-refractivity contribution in [3.63, 3.8) is 0 Å². The summed E-state index contributed by atoms with van der Waals surface area (Å²) in [5, 5.41) is 12.5. The van der Waals surface area contributed by atoms with Crippen molar-refractivity contribution in [2.45, 2.75) is 31.2 Å². The van der Waals surface area contributed by atoms with E-state index in [1.165, 1.54) is 0 Å². The number of carbonyl (C=O) groups excluding carboxylic acids is 1. The van der Waals surface area contributed by atoms with Crippen LogP contribution in [0.2, 0.25) is 0 Å². The summed E-state index contributed by atoms with van der Waals surface area (Å²) in [5.74, 6) is -0.210. The van der Waals surface area contributed by atoms with Crippen LogP contribution in [-0.2, 0) is 9.53 Å². The molecule has 1 aromatic carbocycles. The van der Waals surface area contributed by atoms with Crippen molar-refractivity contribution in [3.8, 4) is 0 Å². The number of aliphatic hydroxyl groups is 1. The van der Waals surface area contributed by atoms with E-state index in [0.717, 1.165) is 12.0 Å². The molecular weight excluding hydrogens is 242 g/mol. The van der Waals surface area contributed by atoms with E-state index in [9.17, 15) is 9.90 Å². The number of amides is 1. The van der Waals surface area contributed by atoms with Gasteiger partial charge in [-0.1, -0.05) is 37.3 Å². The summed E-state index contributed by atoms with van der Waals surface area (Å²) in [6.45, 7) is 2.89. The smallest absolute Gasteiger partial charge is 0.228 e. The molecule has 0 bridgehead atoms. The van der Waals surface area contributed by atoms with Gasteiger partial charge >= 0.3 is 0 Å². The molecule has 1 aliphatic rings. The molecule has 0 aromatic heterocycles. The van der Waals surface area contributed by atoms with Gasteiger partial charge < -0.3 is 15.2 Å². The Morgan fingerprint density at radius 1 is 1.47 bits per heavy atom. The molecule has 19 heavy (non-hydrogen) atoms. The van der Waals surface area contributed by atoms with Crippen molar-refractivity contribution in [1.82, 2.24) is 5.32 Å². The minimum Gasteiger partial charge on any atom is -0.394 e. The lowest BCUT2D eigenvalue weighted by atomic mass is 9.93. The van der Waals surface area contributed by atoms with Crippen LogP contribution in [0.15, 0.2) is 30.3 Å². The van der Waals surface area contributed by atoms with Gasteiger partial charge in [-0.15, -0.1) is 0 Å². The van der Waals surface area contributed by atoms with Crippen LogP contribution < -0.4 is 5.32 Å². The third kappa shape index (κ3) is 3.14. The highest BCUT2D eigenvalue weighted by Gasteiger charge is 2.37. The standard InChI is InChI=1S/C15H21NO3/c1-2-13(12-6-4-3-5-7-12)14(18)16-15(10-17)8-9-19-11-15/h3-7,13,17H,2,8-11H2,1H3,(H,16,18)/t13-,15+/m1/s1. The maximum absolute atomic E-state index is 12.4. The molecule has 4 nitrogen and oxygen atoms in total. The lowest BCUT2D eigenvalue weighted by Crippen LogP contribution is -2.53. The second-order valence-electron chi connectivity index (χ2n) is 5.10. The number of nitrogens with one attached hydrogen (secondary N) is 1. The molecule has 104 valence electrons. The van der Waals surface area contributed by atoms with E-state index in [-0.39, 0.29) is 18.4 Å². The van der Waals surface area contributed by atoms with E-state index < -0.39 is 5.54 Å². The molecule has 2 atom stereocenters. The second kappa shape index (κ2) is 6.17. The van der Waals surface area contributed by atoms with Crippen molar-refractivity contribution in [3.05, 3.63) is 35.9 Å². The molecule has 4 heteroatoms. The molecule has 2 N–H and O–H groups in total. The number of benzene rings is 1. The van der Waals surface area contributed by atoms with Crippen molar-refractivity contribution in [2.24, 2.45) is 0 Å². The Morgan fingerprint density at radius 2 is 2.21 bits per heavy atom. The van der Waals surface area contributed by atoms with E-state index in [2.05, 4.69) is 5.32 Å². The van der Waals surface area contributed by atoms with Crippen molar-refractivity contribution in [1.29, 1.82) is 0 Å². The molecule has 1 aliphatic heterocycles. The van der Waals surface area contributed by atoms with Gasteiger partial charge in [0.25, 0.3) is 0 Å². The number of hydrogen-bond acceptors (Lipinski definition) is 3. The summed E-state index contributed by atoms with van der Waals surface area (Å²) in [6, 6.07) is 9.74. The van der Waals surface area contributed by atoms with Crippen LogP contribution in [0.25, 0.3) is 0 Å². The maximum atomic E-state index is 12.4. The van der Waals surface area contributed by atoms with Gasteiger partial charge in [0.15, 0.2) is 0 Å². The zero-order chi connectivity index (χ0) is 13.7. The predicted molar refractivity (Wildman–Crippen MR) is 72.9 cm³/mol. The Kier molecular flexibility index (Phi) is 4.56. The molecule has 0 spiro atoms. The number of aliphatic hydroxyl groups excluding tert-OH is 1. The van der Waals surface area contributed by atoms with Gasteiger partial charge in [0, 0.05) is 6.61 Å². The van der Waals surface area contributed by atoms with Crippen LogP contribution in [0.3, 0.4) is 0 Å². The van der Waals surface area contributed by atoms with E-state index in [1.807, 2.05) is 37.3 Å². The molecule has 1 saturated heterocycles. The summed E-state index contributed by atoms with van der Waals surface area (Å²) < 4.78 is 5.30. The molecule has 1 heterocycles. The summed E-state index contributed by atoms with van der Waals surface area (Å²) >= 11 is 0. The summed E-state index contributed by atoms with van der Waals surface area (Å²) in [7, 11) is 0. The average Bonchev–Trinajstić information content (AvgIpc) is 2.90. The topological polar surface area (TPSA) is 58.6 Å². The Hall–Kier alpha value is -1.39. The number of ether oxygens (including phenoxy) is 1. The minimum absolute atomic E-state index is 0.0340. The molecule has 2 rings (SSSR count). The predicted octanol–water partition coefficient (Wildman–Crippen LogP) is 1.45. The van der Waals surface area contributed by atoms with Gasteiger partial charge in [-0.25, -0.2) is 0 Å². The Balaban J connectivity index is 2.09. The molecular formula is C15H21NO3. The van der Waals surface area contributed by atoms with Gasteiger partial charge in [-0.3, -0.25) is 4.79 Å². The van der Waals surface area contributed by atoms with E-state index in [1.54, 1.807) is 0 Å². The van der Waals surface area contributed by atoms with Crippen LogP contribution in [0.5, 0.6) is 0 Å². The second-order valence-corrected chi connectivity index (χ2v) is 5.10.